The number of para-hydroxylation sites is 1. The topological polar surface area (TPSA) is 15.3 Å². The summed E-state index contributed by atoms with van der Waals surface area (Å²) in [6.07, 6.45) is 2.59. The molecule has 2 nitrogen and oxygen atoms in total. The number of rotatable bonds is 3. The van der Waals surface area contributed by atoms with Gasteiger partial charge >= 0.3 is 0 Å². The number of hydrogen-bond donors (Lipinski definition) is 1. The number of hydrogen-bond acceptors (Lipinski definition) is 2. The first kappa shape index (κ1) is 12.4. The van der Waals surface area contributed by atoms with Gasteiger partial charge in [-0.1, -0.05) is 32.0 Å². The zero-order valence-corrected chi connectivity index (χ0v) is 11.3. The first-order valence-corrected chi connectivity index (χ1v) is 6.60. The molecule has 0 aromatic heterocycles. The summed E-state index contributed by atoms with van der Waals surface area (Å²) < 4.78 is 0. The van der Waals surface area contributed by atoms with Crippen LogP contribution in [0.1, 0.15) is 32.3 Å². The maximum Gasteiger partial charge on any atom is 0.0411 e. The van der Waals surface area contributed by atoms with Crippen molar-refractivity contribution in [3.63, 3.8) is 0 Å². The number of nitrogens with one attached hydrogen (secondary N) is 1. The molecule has 0 saturated carbocycles. The standard InChI is InChI=1S/C15H24N2/c1-15(2)8-10-17(11-9-15)14-7-5-4-6-13(14)12-16-3/h4-7,16H,8-12H2,1-3H3. The first-order chi connectivity index (χ1) is 8.12. The van der Waals surface area contributed by atoms with Gasteiger partial charge in [0, 0.05) is 25.3 Å². The van der Waals surface area contributed by atoms with E-state index in [1.54, 1.807) is 0 Å². The molecule has 1 heterocycles. The molecule has 0 radical (unpaired) electrons. The monoisotopic (exact) mass is 232 g/mol. The molecule has 0 unspecified atom stereocenters. The molecule has 0 atom stereocenters. The number of anilines is 1. The fourth-order valence-corrected chi connectivity index (χ4v) is 2.51. The largest absolute Gasteiger partial charge is 0.371 e. The van der Waals surface area contributed by atoms with Crippen molar-refractivity contribution < 1.29 is 0 Å². The smallest absolute Gasteiger partial charge is 0.0411 e. The van der Waals surface area contributed by atoms with Crippen molar-refractivity contribution in [1.29, 1.82) is 0 Å². The lowest BCUT2D eigenvalue weighted by atomic mass is 9.82. The van der Waals surface area contributed by atoms with Crippen LogP contribution in [0.3, 0.4) is 0 Å². The third-order valence-corrected chi connectivity index (χ3v) is 3.82. The first-order valence-electron chi connectivity index (χ1n) is 6.60. The van der Waals surface area contributed by atoms with E-state index in [2.05, 4.69) is 48.3 Å². The van der Waals surface area contributed by atoms with Crippen LogP contribution in [0.25, 0.3) is 0 Å². The highest BCUT2D eigenvalue weighted by atomic mass is 15.1. The Kier molecular flexibility index (Phi) is 3.72. The van der Waals surface area contributed by atoms with Gasteiger partial charge in [-0.05, 0) is 36.9 Å². The predicted molar refractivity (Wildman–Crippen MR) is 74.4 cm³/mol. The van der Waals surface area contributed by atoms with E-state index in [-0.39, 0.29) is 0 Å². The van der Waals surface area contributed by atoms with E-state index >= 15 is 0 Å². The van der Waals surface area contributed by atoms with E-state index < -0.39 is 0 Å². The molecular weight excluding hydrogens is 208 g/mol. The van der Waals surface area contributed by atoms with Gasteiger partial charge in [0.1, 0.15) is 0 Å². The maximum absolute atomic E-state index is 3.25. The molecule has 1 fully saturated rings. The van der Waals surface area contributed by atoms with Crippen LogP contribution < -0.4 is 10.2 Å². The van der Waals surface area contributed by atoms with Gasteiger partial charge in [-0.15, -0.1) is 0 Å². The minimum atomic E-state index is 0.522. The highest BCUT2D eigenvalue weighted by Gasteiger charge is 2.26. The molecule has 0 aliphatic carbocycles. The molecule has 2 rings (SSSR count). The fourth-order valence-electron chi connectivity index (χ4n) is 2.51. The van der Waals surface area contributed by atoms with Crippen molar-refractivity contribution in [2.24, 2.45) is 5.41 Å². The summed E-state index contributed by atoms with van der Waals surface area (Å²) in [4.78, 5) is 2.54. The Bertz CT molecular complexity index is 361. The van der Waals surface area contributed by atoms with Crippen LogP contribution in [0.2, 0.25) is 0 Å². The van der Waals surface area contributed by atoms with Crippen molar-refractivity contribution in [2.75, 3.05) is 25.0 Å². The molecule has 1 aromatic carbocycles. The number of nitrogens with zero attached hydrogens (tertiary/aromatic N) is 1. The maximum atomic E-state index is 3.25. The Hall–Kier alpha value is -1.02. The Morgan fingerprint density at radius 1 is 1.18 bits per heavy atom. The molecule has 94 valence electrons. The van der Waals surface area contributed by atoms with Gasteiger partial charge in [0.25, 0.3) is 0 Å². The van der Waals surface area contributed by atoms with Crippen LogP contribution in [0, 0.1) is 5.41 Å². The van der Waals surface area contributed by atoms with Gasteiger partial charge in [-0.2, -0.15) is 0 Å². The highest BCUT2D eigenvalue weighted by Crippen LogP contribution is 2.33. The van der Waals surface area contributed by atoms with Crippen molar-refractivity contribution in [3.8, 4) is 0 Å². The number of benzene rings is 1. The van der Waals surface area contributed by atoms with Crippen LogP contribution in [0.5, 0.6) is 0 Å². The van der Waals surface area contributed by atoms with E-state index in [9.17, 15) is 0 Å². The molecule has 0 bridgehead atoms. The van der Waals surface area contributed by atoms with Gasteiger partial charge in [0.2, 0.25) is 0 Å². The fraction of sp³-hybridized carbons (Fsp3) is 0.600. The molecule has 1 aliphatic heterocycles. The Morgan fingerprint density at radius 3 is 2.47 bits per heavy atom. The van der Waals surface area contributed by atoms with E-state index in [0.29, 0.717) is 5.41 Å². The highest BCUT2D eigenvalue weighted by molar-refractivity contribution is 5.54. The lowest BCUT2D eigenvalue weighted by molar-refractivity contribution is 0.279. The normalized spacial score (nSPS) is 19.4. The summed E-state index contributed by atoms with van der Waals surface area (Å²) in [5.74, 6) is 0. The third kappa shape index (κ3) is 3.01. The summed E-state index contributed by atoms with van der Waals surface area (Å²) >= 11 is 0. The van der Waals surface area contributed by atoms with Gasteiger partial charge in [0.15, 0.2) is 0 Å². The summed E-state index contributed by atoms with van der Waals surface area (Å²) in [6, 6.07) is 8.76. The molecule has 1 saturated heterocycles. The molecule has 2 heteroatoms. The van der Waals surface area contributed by atoms with E-state index in [1.165, 1.54) is 37.2 Å². The average Bonchev–Trinajstić information content (AvgIpc) is 2.31. The zero-order valence-electron chi connectivity index (χ0n) is 11.3. The van der Waals surface area contributed by atoms with E-state index in [0.717, 1.165) is 6.54 Å². The van der Waals surface area contributed by atoms with Crippen LogP contribution >= 0.6 is 0 Å². The summed E-state index contributed by atoms with van der Waals surface area (Å²) in [6.45, 7) is 8.09. The van der Waals surface area contributed by atoms with E-state index in [1.807, 2.05) is 7.05 Å². The second kappa shape index (κ2) is 5.09. The quantitative estimate of drug-likeness (QED) is 0.861. The minimum absolute atomic E-state index is 0.522. The third-order valence-electron chi connectivity index (χ3n) is 3.82. The average molecular weight is 232 g/mol. The SMILES string of the molecule is CNCc1ccccc1N1CCC(C)(C)CC1. The Morgan fingerprint density at radius 2 is 1.82 bits per heavy atom. The Labute approximate surface area is 105 Å². The summed E-state index contributed by atoms with van der Waals surface area (Å²) in [5.41, 5.74) is 3.35. The minimum Gasteiger partial charge on any atom is -0.371 e. The second-order valence-electron chi connectivity index (χ2n) is 5.81. The zero-order chi connectivity index (χ0) is 12.3. The lowest BCUT2D eigenvalue weighted by Crippen LogP contribution is -2.37. The van der Waals surface area contributed by atoms with Gasteiger partial charge < -0.3 is 10.2 Å². The van der Waals surface area contributed by atoms with Gasteiger partial charge in [0.05, 0.1) is 0 Å². The van der Waals surface area contributed by atoms with Crippen LogP contribution in [-0.2, 0) is 6.54 Å². The summed E-state index contributed by atoms with van der Waals surface area (Å²) in [5, 5.41) is 3.25. The molecule has 0 spiro atoms. The summed E-state index contributed by atoms with van der Waals surface area (Å²) in [7, 11) is 2.01. The van der Waals surface area contributed by atoms with Gasteiger partial charge in [-0.3, -0.25) is 0 Å². The van der Waals surface area contributed by atoms with Crippen molar-refractivity contribution in [3.05, 3.63) is 29.8 Å². The molecule has 17 heavy (non-hydrogen) atoms. The second-order valence-corrected chi connectivity index (χ2v) is 5.81. The van der Waals surface area contributed by atoms with Gasteiger partial charge in [-0.25, -0.2) is 0 Å². The number of piperidine rings is 1. The van der Waals surface area contributed by atoms with Crippen molar-refractivity contribution >= 4 is 5.69 Å². The Balaban J connectivity index is 2.12. The van der Waals surface area contributed by atoms with Crippen molar-refractivity contribution in [1.82, 2.24) is 5.32 Å². The molecule has 1 aliphatic rings. The van der Waals surface area contributed by atoms with Crippen LogP contribution in [0.15, 0.2) is 24.3 Å². The predicted octanol–water partition coefficient (Wildman–Crippen LogP) is 3.03. The van der Waals surface area contributed by atoms with Crippen LogP contribution in [0.4, 0.5) is 5.69 Å². The molecule has 1 N–H and O–H groups in total. The molecule has 1 aromatic rings. The van der Waals surface area contributed by atoms with Crippen molar-refractivity contribution in [2.45, 2.75) is 33.2 Å². The molecule has 0 amide bonds. The van der Waals surface area contributed by atoms with E-state index in [4.69, 9.17) is 0 Å². The van der Waals surface area contributed by atoms with Crippen LogP contribution in [-0.4, -0.2) is 20.1 Å². The lowest BCUT2D eigenvalue weighted by Gasteiger charge is -2.39. The molecular formula is C15H24N2.